The fourth-order valence-corrected chi connectivity index (χ4v) is 3.56. The maximum absolute atomic E-state index is 3.40. The summed E-state index contributed by atoms with van der Waals surface area (Å²) in [6.07, 6.45) is 0. The third-order valence-electron chi connectivity index (χ3n) is 3.69. The minimum atomic E-state index is 0.377. The van der Waals surface area contributed by atoms with Crippen LogP contribution in [-0.4, -0.2) is 12.8 Å². The zero-order valence-corrected chi connectivity index (χ0v) is 12.9. The van der Waals surface area contributed by atoms with E-state index in [0.29, 0.717) is 6.04 Å². The molecule has 1 N–H and O–H groups in total. The van der Waals surface area contributed by atoms with Crippen LogP contribution in [-0.2, 0) is 0 Å². The molecule has 0 amide bonds. The Kier molecular flexibility index (Phi) is 4.59. The van der Waals surface area contributed by atoms with E-state index >= 15 is 0 Å². The Morgan fingerprint density at radius 3 is 2.33 bits per heavy atom. The predicted molar refractivity (Wildman–Crippen MR) is 92.9 cm³/mol. The maximum Gasteiger partial charge on any atom is 0.0412 e. The molecule has 3 aromatic carbocycles. The average Bonchev–Trinajstić information content (AvgIpc) is 2.56. The van der Waals surface area contributed by atoms with E-state index < -0.39 is 0 Å². The van der Waals surface area contributed by atoms with Crippen molar-refractivity contribution < 1.29 is 0 Å². The summed E-state index contributed by atoms with van der Waals surface area (Å²) in [5.41, 5.74) is 1.34. The molecule has 0 saturated heterocycles. The standard InChI is InChI=1S/C19H19NS/c1-20-19(16-8-3-2-4-9-16)14-21-18-12-11-15-7-5-6-10-17(15)13-18/h2-13,19-20H,14H2,1H3. The first kappa shape index (κ1) is 14.2. The second kappa shape index (κ2) is 6.79. The van der Waals surface area contributed by atoms with Crippen LogP contribution < -0.4 is 5.32 Å². The van der Waals surface area contributed by atoms with E-state index in [1.165, 1.54) is 21.2 Å². The van der Waals surface area contributed by atoms with Crippen LogP contribution in [0.1, 0.15) is 11.6 Å². The summed E-state index contributed by atoms with van der Waals surface area (Å²) in [7, 11) is 2.03. The van der Waals surface area contributed by atoms with Crippen molar-refractivity contribution in [2.24, 2.45) is 0 Å². The summed E-state index contributed by atoms with van der Waals surface area (Å²) in [6, 6.07) is 26.2. The molecule has 0 bridgehead atoms. The summed E-state index contributed by atoms with van der Waals surface area (Å²) in [6.45, 7) is 0. The van der Waals surface area contributed by atoms with Crippen LogP contribution >= 0.6 is 11.8 Å². The van der Waals surface area contributed by atoms with Crippen LogP contribution in [0, 0.1) is 0 Å². The molecule has 3 rings (SSSR count). The third kappa shape index (κ3) is 3.46. The molecule has 21 heavy (non-hydrogen) atoms. The van der Waals surface area contributed by atoms with Crippen LogP contribution in [0.2, 0.25) is 0 Å². The number of nitrogens with one attached hydrogen (secondary N) is 1. The second-order valence-corrected chi connectivity index (χ2v) is 6.17. The van der Waals surface area contributed by atoms with Gasteiger partial charge in [-0.15, -0.1) is 11.8 Å². The van der Waals surface area contributed by atoms with Crippen LogP contribution in [0.5, 0.6) is 0 Å². The van der Waals surface area contributed by atoms with Gasteiger partial charge in [0.25, 0.3) is 0 Å². The number of hydrogen-bond donors (Lipinski definition) is 1. The van der Waals surface area contributed by atoms with Crippen LogP contribution in [0.3, 0.4) is 0 Å². The first-order chi connectivity index (χ1) is 10.4. The fraction of sp³-hybridized carbons (Fsp3) is 0.158. The average molecular weight is 293 g/mol. The smallest absolute Gasteiger partial charge is 0.0412 e. The first-order valence-electron chi connectivity index (χ1n) is 7.20. The molecular formula is C19H19NS. The highest BCUT2D eigenvalue weighted by molar-refractivity contribution is 7.99. The summed E-state index contributed by atoms with van der Waals surface area (Å²) in [5.74, 6) is 1.03. The number of rotatable bonds is 5. The third-order valence-corrected chi connectivity index (χ3v) is 4.78. The number of thioether (sulfide) groups is 1. The Morgan fingerprint density at radius 2 is 1.57 bits per heavy atom. The molecule has 1 unspecified atom stereocenters. The Bertz CT molecular complexity index is 709. The zero-order chi connectivity index (χ0) is 14.5. The molecule has 0 heterocycles. The van der Waals surface area contributed by atoms with E-state index in [1.807, 2.05) is 18.8 Å². The molecular weight excluding hydrogens is 274 g/mol. The summed E-state index contributed by atoms with van der Waals surface area (Å²) in [5, 5.41) is 6.01. The van der Waals surface area contributed by atoms with Crippen molar-refractivity contribution in [3.63, 3.8) is 0 Å². The van der Waals surface area contributed by atoms with E-state index in [9.17, 15) is 0 Å². The fourth-order valence-electron chi connectivity index (χ4n) is 2.47. The first-order valence-corrected chi connectivity index (χ1v) is 8.19. The molecule has 0 aromatic heterocycles. The van der Waals surface area contributed by atoms with Gasteiger partial charge >= 0.3 is 0 Å². The van der Waals surface area contributed by atoms with Gasteiger partial charge < -0.3 is 5.32 Å². The normalized spacial score (nSPS) is 12.4. The molecule has 106 valence electrons. The van der Waals surface area contributed by atoms with E-state index in [4.69, 9.17) is 0 Å². The summed E-state index contributed by atoms with van der Waals surface area (Å²) < 4.78 is 0. The lowest BCUT2D eigenvalue weighted by atomic mass is 10.1. The number of hydrogen-bond acceptors (Lipinski definition) is 2. The van der Waals surface area contributed by atoms with Crippen molar-refractivity contribution in [3.8, 4) is 0 Å². The van der Waals surface area contributed by atoms with E-state index in [1.54, 1.807) is 0 Å². The molecule has 1 nitrogen and oxygen atoms in total. The number of benzene rings is 3. The lowest BCUT2D eigenvalue weighted by Gasteiger charge is -2.16. The summed E-state index contributed by atoms with van der Waals surface area (Å²) >= 11 is 1.90. The van der Waals surface area contributed by atoms with Gasteiger partial charge in [-0.3, -0.25) is 0 Å². The molecule has 0 aliphatic rings. The Morgan fingerprint density at radius 1 is 0.857 bits per heavy atom. The molecule has 0 aliphatic heterocycles. The van der Waals surface area contributed by atoms with Crippen LogP contribution in [0.15, 0.2) is 77.7 Å². The van der Waals surface area contributed by atoms with Gasteiger partial charge in [0.2, 0.25) is 0 Å². The van der Waals surface area contributed by atoms with Gasteiger partial charge in [0.1, 0.15) is 0 Å². The van der Waals surface area contributed by atoms with Crippen molar-refractivity contribution >= 4 is 22.5 Å². The van der Waals surface area contributed by atoms with Gasteiger partial charge in [0.05, 0.1) is 0 Å². The Balaban J connectivity index is 1.73. The monoisotopic (exact) mass is 293 g/mol. The predicted octanol–water partition coefficient (Wildman–Crippen LogP) is 4.89. The molecule has 0 saturated carbocycles. The molecule has 0 radical (unpaired) electrons. The molecule has 2 heteroatoms. The SMILES string of the molecule is CNC(CSc1ccc2ccccc2c1)c1ccccc1. The van der Waals surface area contributed by atoms with Gasteiger partial charge in [-0.05, 0) is 35.5 Å². The highest BCUT2D eigenvalue weighted by atomic mass is 32.2. The highest BCUT2D eigenvalue weighted by Crippen LogP contribution is 2.27. The van der Waals surface area contributed by atoms with Crippen molar-refractivity contribution in [2.45, 2.75) is 10.9 Å². The maximum atomic E-state index is 3.40. The zero-order valence-electron chi connectivity index (χ0n) is 12.1. The van der Waals surface area contributed by atoms with Crippen LogP contribution in [0.25, 0.3) is 10.8 Å². The number of fused-ring (bicyclic) bond motifs is 1. The van der Waals surface area contributed by atoms with Crippen LogP contribution in [0.4, 0.5) is 0 Å². The van der Waals surface area contributed by atoms with Crippen molar-refractivity contribution in [1.82, 2.24) is 5.32 Å². The van der Waals surface area contributed by atoms with Crippen molar-refractivity contribution in [3.05, 3.63) is 78.4 Å². The minimum Gasteiger partial charge on any atom is -0.312 e. The van der Waals surface area contributed by atoms with Gasteiger partial charge in [0, 0.05) is 16.7 Å². The lowest BCUT2D eigenvalue weighted by Crippen LogP contribution is -2.18. The molecule has 0 aliphatic carbocycles. The van der Waals surface area contributed by atoms with Crippen molar-refractivity contribution in [1.29, 1.82) is 0 Å². The highest BCUT2D eigenvalue weighted by Gasteiger charge is 2.09. The van der Waals surface area contributed by atoms with Crippen molar-refractivity contribution in [2.75, 3.05) is 12.8 Å². The minimum absolute atomic E-state index is 0.377. The molecule has 1 atom stereocenters. The topological polar surface area (TPSA) is 12.0 Å². The van der Waals surface area contributed by atoms with Gasteiger partial charge in [-0.2, -0.15) is 0 Å². The quantitative estimate of drug-likeness (QED) is 0.672. The lowest BCUT2D eigenvalue weighted by molar-refractivity contribution is 0.662. The molecule has 3 aromatic rings. The Labute approximate surface area is 130 Å². The van der Waals surface area contributed by atoms with Gasteiger partial charge in [-0.25, -0.2) is 0 Å². The largest absolute Gasteiger partial charge is 0.312 e. The second-order valence-electron chi connectivity index (χ2n) is 5.07. The van der Waals surface area contributed by atoms with E-state index in [0.717, 1.165) is 5.75 Å². The molecule has 0 fully saturated rings. The van der Waals surface area contributed by atoms with E-state index in [2.05, 4.69) is 78.1 Å². The van der Waals surface area contributed by atoms with E-state index in [-0.39, 0.29) is 0 Å². The van der Waals surface area contributed by atoms with Gasteiger partial charge in [0.15, 0.2) is 0 Å². The van der Waals surface area contributed by atoms with Gasteiger partial charge in [-0.1, -0.05) is 60.7 Å². The molecule has 0 spiro atoms. The Hall–Kier alpha value is -1.77. The summed E-state index contributed by atoms with van der Waals surface area (Å²) in [4.78, 5) is 1.32.